The molecule has 2 heterocycles. The van der Waals surface area contributed by atoms with E-state index in [4.69, 9.17) is 0 Å². The lowest BCUT2D eigenvalue weighted by Crippen LogP contribution is -2.55. The van der Waals surface area contributed by atoms with Crippen molar-refractivity contribution >= 4 is 21.7 Å². The third-order valence-electron chi connectivity index (χ3n) is 8.94. The topological polar surface area (TPSA) is 95.0 Å². The molecule has 17 heteroatoms. The quantitative estimate of drug-likeness (QED) is 0.366. The van der Waals surface area contributed by atoms with Crippen LogP contribution in [-0.2, 0) is 36.3 Å². The molecule has 0 bridgehead atoms. The van der Waals surface area contributed by atoms with Crippen LogP contribution in [0.1, 0.15) is 36.0 Å². The van der Waals surface area contributed by atoms with Crippen LogP contribution in [0.15, 0.2) is 47.4 Å². The number of likely N-dealkylation sites (tertiary alicyclic amines) is 2. The van der Waals surface area contributed by atoms with Crippen LogP contribution in [0.25, 0.3) is 0 Å². The van der Waals surface area contributed by atoms with Gasteiger partial charge in [0.1, 0.15) is 16.6 Å². The first-order valence-electron chi connectivity index (χ1n) is 13.6. The van der Waals surface area contributed by atoms with Gasteiger partial charge < -0.3 is 14.9 Å². The molecule has 0 spiro atoms. The highest BCUT2D eigenvalue weighted by atomic mass is 32.2. The third-order valence-corrected chi connectivity index (χ3v) is 11.5. The number of nitrogens with zero attached hydrogens (tertiary/aromatic N) is 2. The van der Waals surface area contributed by atoms with E-state index in [2.05, 4.69) is 0 Å². The Morgan fingerprint density at radius 1 is 1.00 bits per heavy atom. The number of aliphatic hydroxyl groups excluding tert-OH is 1. The highest BCUT2D eigenvalue weighted by Crippen LogP contribution is 2.57. The van der Waals surface area contributed by atoms with Gasteiger partial charge in [0.05, 0.1) is 17.5 Å². The van der Waals surface area contributed by atoms with Gasteiger partial charge in [-0.2, -0.15) is 26.3 Å². The Morgan fingerprint density at radius 3 is 2.20 bits per heavy atom. The van der Waals surface area contributed by atoms with Gasteiger partial charge in [-0.3, -0.25) is 9.59 Å². The number of amides is 2. The number of rotatable bonds is 6. The summed E-state index contributed by atoms with van der Waals surface area (Å²) in [7, 11) is -4.72. The zero-order chi connectivity index (χ0) is 33.3. The van der Waals surface area contributed by atoms with Crippen molar-refractivity contribution in [2.24, 2.45) is 0 Å². The lowest BCUT2D eigenvalue weighted by Gasteiger charge is -2.43. The van der Waals surface area contributed by atoms with Crippen molar-refractivity contribution < 1.29 is 62.6 Å². The van der Waals surface area contributed by atoms with Crippen molar-refractivity contribution in [1.82, 2.24) is 9.80 Å². The minimum atomic E-state index is -6.42. The number of hydrogen-bond donors (Lipinski definition) is 1. The van der Waals surface area contributed by atoms with E-state index >= 15 is 0 Å². The molecule has 45 heavy (non-hydrogen) atoms. The Bertz CT molecular complexity index is 1600. The number of β-amino-alcohol motifs (C(OH)–C–C–N with tert-alkyl or cyclic N) is 1. The van der Waals surface area contributed by atoms with Gasteiger partial charge in [-0.15, -0.1) is 0 Å². The highest BCUT2D eigenvalue weighted by Gasteiger charge is 2.74. The van der Waals surface area contributed by atoms with Crippen molar-refractivity contribution in [2.75, 3.05) is 19.7 Å². The van der Waals surface area contributed by atoms with Gasteiger partial charge in [-0.05, 0) is 54.7 Å². The molecule has 0 saturated carbocycles. The van der Waals surface area contributed by atoms with Crippen LogP contribution in [-0.4, -0.2) is 85.4 Å². The zero-order valence-corrected chi connectivity index (χ0v) is 23.8. The van der Waals surface area contributed by atoms with E-state index in [1.54, 1.807) is 0 Å². The van der Waals surface area contributed by atoms with Crippen LogP contribution in [0.4, 0.5) is 39.5 Å². The van der Waals surface area contributed by atoms with Crippen LogP contribution < -0.4 is 0 Å². The normalized spacial score (nSPS) is 25.8. The number of aliphatic hydroxyl groups is 1. The molecule has 2 aliphatic heterocycles. The van der Waals surface area contributed by atoms with Gasteiger partial charge in [0.15, 0.2) is 16.0 Å². The van der Waals surface area contributed by atoms with E-state index in [0.29, 0.717) is 12.1 Å². The SMILES string of the molecule is O=C1[C@@H](F)C[C@@H](C(=O)N2CC[C@@]3(S(=O)(=O)c4ccc(F)cc4)c4ccc(C(F)(C(F)(F)F)C(F)(F)F)cc4CC[C@@H]23)N1CCO. The standard InChI is InChI=1S/C28H25F9N2O5S/c29-17-3-5-18(6-4-17)45(43,44)25-9-10-39(24(42)21-14-20(30)23(41)38(21)11-12-40)22(25)8-1-15-13-16(2-7-19(15)25)26(31,27(32,33)34)28(35,36)37/h2-7,13,20-22,40H,1,8-12,14H2/t20-,21-,22+,25+/m0/s1. The number of hydrogen-bond acceptors (Lipinski definition) is 5. The van der Waals surface area contributed by atoms with Crippen molar-refractivity contribution in [1.29, 1.82) is 0 Å². The first-order valence-corrected chi connectivity index (χ1v) is 15.1. The van der Waals surface area contributed by atoms with Gasteiger partial charge in [-0.1, -0.05) is 18.2 Å². The largest absolute Gasteiger partial charge is 0.435 e. The molecule has 4 atom stereocenters. The van der Waals surface area contributed by atoms with E-state index in [1.807, 2.05) is 0 Å². The van der Waals surface area contributed by atoms with Gasteiger partial charge in [0.2, 0.25) is 5.91 Å². The number of aryl methyl sites for hydroxylation is 1. The van der Waals surface area contributed by atoms with Gasteiger partial charge in [-0.25, -0.2) is 21.6 Å². The van der Waals surface area contributed by atoms with Crippen molar-refractivity contribution in [3.63, 3.8) is 0 Å². The summed E-state index contributed by atoms with van der Waals surface area (Å²) in [6.07, 6.45) is -16.6. The van der Waals surface area contributed by atoms with E-state index < -0.39 is 105 Å². The molecule has 0 radical (unpaired) electrons. The van der Waals surface area contributed by atoms with Crippen LogP contribution in [0, 0.1) is 5.82 Å². The predicted molar refractivity (Wildman–Crippen MR) is 137 cm³/mol. The Kier molecular flexibility index (Phi) is 7.99. The summed E-state index contributed by atoms with van der Waals surface area (Å²) in [5.74, 6) is -2.73. The fourth-order valence-corrected chi connectivity index (χ4v) is 9.24. The first kappa shape index (κ1) is 33.0. The lowest BCUT2D eigenvalue weighted by molar-refractivity contribution is -0.348. The summed E-state index contributed by atoms with van der Waals surface area (Å²) < 4.78 is 151. The molecule has 0 unspecified atom stereocenters. The molecule has 7 nitrogen and oxygen atoms in total. The number of alkyl halides is 8. The highest BCUT2D eigenvalue weighted by molar-refractivity contribution is 7.92. The smallest absolute Gasteiger partial charge is 0.395 e. The minimum Gasteiger partial charge on any atom is -0.395 e. The molecule has 5 rings (SSSR count). The van der Waals surface area contributed by atoms with E-state index in [0.717, 1.165) is 34.1 Å². The summed E-state index contributed by atoms with van der Waals surface area (Å²) in [6, 6.07) is 1.95. The molecular weight excluding hydrogens is 647 g/mol. The second-order valence-corrected chi connectivity index (χ2v) is 13.4. The summed E-state index contributed by atoms with van der Waals surface area (Å²) in [6.45, 7) is -1.35. The number of carbonyl (C=O) groups excluding carboxylic acids is 2. The van der Waals surface area contributed by atoms with Crippen molar-refractivity contribution in [3.05, 3.63) is 65.0 Å². The number of fused-ring (bicyclic) bond motifs is 3. The maximum atomic E-state index is 15.0. The molecule has 3 aliphatic rings. The summed E-state index contributed by atoms with van der Waals surface area (Å²) in [5, 5.41) is 9.35. The van der Waals surface area contributed by atoms with Crippen LogP contribution >= 0.6 is 0 Å². The Hall–Kier alpha value is -3.34. The Balaban J connectivity index is 1.67. The molecule has 1 N–H and O–H groups in total. The summed E-state index contributed by atoms with van der Waals surface area (Å²) >= 11 is 0. The molecule has 2 fully saturated rings. The minimum absolute atomic E-state index is 0.209. The monoisotopic (exact) mass is 672 g/mol. The fraction of sp³-hybridized carbons (Fsp3) is 0.500. The molecular formula is C28H25F9N2O5S. The lowest BCUT2D eigenvalue weighted by atomic mass is 9.76. The zero-order valence-electron chi connectivity index (χ0n) is 23.0. The number of benzene rings is 2. The number of halogens is 9. The average Bonchev–Trinajstić information content (AvgIpc) is 3.50. The molecule has 2 saturated heterocycles. The first-order chi connectivity index (χ1) is 20.8. The average molecular weight is 673 g/mol. The number of sulfone groups is 1. The maximum Gasteiger partial charge on any atom is 0.435 e. The van der Waals surface area contributed by atoms with Gasteiger partial charge >= 0.3 is 18.0 Å². The van der Waals surface area contributed by atoms with Gasteiger partial charge in [0, 0.05) is 25.1 Å². The number of carbonyl (C=O) groups is 2. The van der Waals surface area contributed by atoms with Crippen LogP contribution in [0.5, 0.6) is 0 Å². The molecule has 246 valence electrons. The third kappa shape index (κ3) is 4.79. The molecule has 2 aromatic carbocycles. The van der Waals surface area contributed by atoms with E-state index in [1.165, 1.54) is 0 Å². The molecule has 2 amide bonds. The molecule has 0 aromatic heterocycles. The van der Waals surface area contributed by atoms with Crippen LogP contribution in [0.3, 0.4) is 0 Å². The molecule has 2 aromatic rings. The van der Waals surface area contributed by atoms with E-state index in [9.17, 15) is 62.6 Å². The predicted octanol–water partition coefficient (Wildman–Crippen LogP) is 4.26. The fourth-order valence-electron chi connectivity index (χ4n) is 6.87. The maximum absolute atomic E-state index is 15.0. The second kappa shape index (κ2) is 10.9. The molecule has 1 aliphatic carbocycles. The Labute approximate surface area is 250 Å². The van der Waals surface area contributed by atoms with Gasteiger partial charge in [0.25, 0.3) is 5.91 Å². The van der Waals surface area contributed by atoms with Crippen LogP contribution in [0.2, 0.25) is 0 Å². The van der Waals surface area contributed by atoms with Crippen molar-refractivity contribution in [2.45, 2.75) is 71.6 Å². The Morgan fingerprint density at radius 2 is 1.62 bits per heavy atom. The van der Waals surface area contributed by atoms with Crippen molar-refractivity contribution in [3.8, 4) is 0 Å². The summed E-state index contributed by atoms with van der Waals surface area (Å²) in [4.78, 5) is 27.5. The summed E-state index contributed by atoms with van der Waals surface area (Å²) in [5.41, 5.74) is -8.19. The van der Waals surface area contributed by atoms with E-state index in [-0.39, 0.29) is 36.6 Å². The second-order valence-electron chi connectivity index (χ2n) is 11.2.